The van der Waals surface area contributed by atoms with E-state index in [4.69, 9.17) is 37.9 Å². The van der Waals surface area contributed by atoms with E-state index in [0.29, 0.717) is 26.4 Å². The zero-order valence-electron chi connectivity index (χ0n) is 31.6. The first-order chi connectivity index (χ1) is 26.3. The lowest BCUT2D eigenvalue weighted by Crippen LogP contribution is -2.62. The van der Waals surface area contributed by atoms with Crippen LogP contribution >= 0.6 is 0 Å². The molecule has 1 heterocycles. The summed E-state index contributed by atoms with van der Waals surface area (Å²) < 4.78 is 51.7. The predicted octanol–water partition coefficient (Wildman–Crippen LogP) is 7.86. The molecule has 4 aromatic rings. The second-order valence-corrected chi connectivity index (χ2v) is 14.3. The number of benzene rings is 4. The molecule has 1 unspecified atom stereocenters. The van der Waals surface area contributed by atoms with Crippen molar-refractivity contribution in [2.75, 3.05) is 26.4 Å². The molecule has 54 heavy (non-hydrogen) atoms. The van der Waals surface area contributed by atoms with Crippen LogP contribution in [0.15, 0.2) is 134 Å². The third kappa shape index (κ3) is 13.3. The van der Waals surface area contributed by atoms with E-state index in [1.807, 2.05) is 121 Å². The first kappa shape index (κ1) is 41.0. The van der Waals surface area contributed by atoms with Gasteiger partial charge >= 0.3 is 5.97 Å². The number of hydrogen-bond acceptors (Lipinski definition) is 9. The Morgan fingerprint density at radius 1 is 0.648 bits per heavy atom. The smallest absolute Gasteiger partial charge is 0.311 e. The lowest BCUT2D eigenvalue weighted by atomic mass is 9.97. The molecule has 0 N–H and O–H groups in total. The van der Waals surface area contributed by atoms with Gasteiger partial charge in [-0.25, -0.2) is 0 Å². The van der Waals surface area contributed by atoms with Crippen LogP contribution in [-0.2, 0) is 69.1 Å². The van der Waals surface area contributed by atoms with Crippen LogP contribution in [0.4, 0.5) is 0 Å². The summed E-state index contributed by atoms with van der Waals surface area (Å²) in [7, 11) is 0. The fourth-order valence-electron chi connectivity index (χ4n) is 5.84. The Morgan fingerprint density at radius 2 is 1.11 bits per heavy atom. The Hall–Kier alpha value is -4.19. The molecule has 1 saturated heterocycles. The van der Waals surface area contributed by atoms with Gasteiger partial charge in [-0.2, -0.15) is 0 Å². The van der Waals surface area contributed by atoms with Gasteiger partial charge in [0.2, 0.25) is 0 Å². The highest BCUT2D eigenvalue weighted by molar-refractivity contribution is 5.75. The van der Waals surface area contributed by atoms with Gasteiger partial charge in [-0.3, -0.25) is 4.79 Å². The molecule has 4 aromatic carbocycles. The Bertz CT molecular complexity index is 1630. The van der Waals surface area contributed by atoms with Crippen molar-refractivity contribution in [2.24, 2.45) is 5.41 Å². The van der Waals surface area contributed by atoms with E-state index in [9.17, 15) is 4.79 Å². The Kier molecular flexibility index (Phi) is 16.4. The molecule has 6 atom stereocenters. The molecule has 0 aliphatic carbocycles. The van der Waals surface area contributed by atoms with Crippen molar-refractivity contribution in [3.05, 3.63) is 156 Å². The van der Waals surface area contributed by atoms with Crippen molar-refractivity contribution in [2.45, 2.75) is 84.0 Å². The SMILES string of the molecule is C=CCOCC(COC(=O)C(C)(C)C)O[C@H]1O[C@H](COCc2ccccc2)[C@@H](OCc2ccccc2)[C@H](OCc2ccccc2)[C@H]1OCc1ccccc1. The number of carbonyl (C=O) groups is 1. The summed E-state index contributed by atoms with van der Waals surface area (Å²) in [6.07, 6.45) is -2.74. The molecule has 1 aliphatic heterocycles. The number of rotatable bonds is 21. The van der Waals surface area contributed by atoms with Gasteiger partial charge in [0.05, 0.1) is 51.7 Å². The van der Waals surface area contributed by atoms with Gasteiger partial charge in [0.25, 0.3) is 0 Å². The lowest BCUT2D eigenvalue weighted by Gasteiger charge is -2.46. The molecule has 0 amide bonds. The Morgan fingerprint density at radius 3 is 1.59 bits per heavy atom. The average molecular weight is 739 g/mol. The van der Waals surface area contributed by atoms with Gasteiger partial charge in [0.15, 0.2) is 6.29 Å². The molecular weight excluding hydrogens is 684 g/mol. The van der Waals surface area contributed by atoms with Crippen LogP contribution in [0, 0.1) is 5.41 Å². The van der Waals surface area contributed by atoms with E-state index in [-0.39, 0.29) is 32.4 Å². The first-order valence-electron chi connectivity index (χ1n) is 18.5. The molecule has 9 heteroatoms. The van der Waals surface area contributed by atoms with Crippen LogP contribution in [0.25, 0.3) is 0 Å². The minimum atomic E-state index is -0.984. The van der Waals surface area contributed by atoms with E-state index in [2.05, 4.69) is 6.58 Å². The first-order valence-corrected chi connectivity index (χ1v) is 18.5. The summed E-state index contributed by atoms with van der Waals surface area (Å²) in [5.74, 6) is -0.355. The molecular formula is C45H54O9. The predicted molar refractivity (Wildman–Crippen MR) is 206 cm³/mol. The quantitative estimate of drug-likeness (QED) is 0.0482. The highest BCUT2D eigenvalue weighted by atomic mass is 16.7. The van der Waals surface area contributed by atoms with Gasteiger partial charge in [-0.1, -0.05) is 127 Å². The average Bonchev–Trinajstić information content (AvgIpc) is 3.19. The minimum Gasteiger partial charge on any atom is -0.462 e. The summed E-state index contributed by atoms with van der Waals surface area (Å²) in [5, 5.41) is 0. The third-order valence-corrected chi connectivity index (χ3v) is 8.72. The van der Waals surface area contributed by atoms with Gasteiger partial charge < -0.3 is 37.9 Å². The largest absolute Gasteiger partial charge is 0.462 e. The maximum Gasteiger partial charge on any atom is 0.311 e. The van der Waals surface area contributed by atoms with E-state index in [0.717, 1.165) is 22.3 Å². The normalized spacial score (nSPS) is 20.6. The zero-order valence-corrected chi connectivity index (χ0v) is 31.6. The fraction of sp³-hybridized carbons (Fsp3) is 0.400. The van der Waals surface area contributed by atoms with Gasteiger partial charge in [-0.05, 0) is 43.0 Å². The molecule has 0 radical (unpaired) electrons. The highest BCUT2D eigenvalue weighted by Gasteiger charge is 2.50. The van der Waals surface area contributed by atoms with Crippen molar-refractivity contribution in [1.82, 2.24) is 0 Å². The van der Waals surface area contributed by atoms with Crippen molar-refractivity contribution >= 4 is 5.97 Å². The Balaban J connectivity index is 1.48. The third-order valence-electron chi connectivity index (χ3n) is 8.72. The van der Waals surface area contributed by atoms with Crippen molar-refractivity contribution in [3.63, 3.8) is 0 Å². The Labute approximate surface area is 320 Å². The van der Waals surface area contributed by atoms with Gasteiger partial charge in [0.1, 0.15) is 37.1 Å². The molecule has 0 saturated carbocycles. The van der Waals surface area contributed by atoms with E-state index >= 15 is 0 Å². The van der Waals surface area contributed by atoms with Gasteiger partial charge in [-0.15, -0.1) is 6.58 Å². The number of ether oxygens (including phenoxy) is 8. The summed E-state index contributed by atoms with van der Waals surface area (Å²) in [6, 6.07) is 39.8. The zero-order chi connectivity index (χ0) is 38.0. The molecule has 288 valence electrons. The molecule has 9 nitrogen and oxygen atoms in total. The maximum atomic E-state index is 12.9. The highest BCUT2D eigenvalue weighted by Crippen LogP contribution is 2.32. The van der Waals surface area contributed by atoms with Crippen molar-refractivity contribution in [1.29, 1.82) is 0 Å². The monoisotopic (exact) mass is 738 g/mol. The number of hydrogen-bond donors (Lipinski definition) is 0. The molecule has 0 spiro atoms. The summed E-state index contributed by atoms with van der Waals surface area (Å²) in [5.41, 5.74) is 3.30. The lowest BCUT2D eigenvalue weighted by molar-refractivity contribution is -0.339. The maximum absolute atomic E-state index is 12.9. The van der Waals surface area contributed by atoms with Crippen molar-refractivity contribution in [3.8, 4) is 0 Å². The molecule has 5 rings (SSSR count). The van der Waals surface area contributed by atoms with E-state index in [1.54, 1.807) is 26.8 Å². The summed E-state index contributed by atoms with van der Waals surface area (Å²) in [6.45, 7) is 11.0. The van der Waals surface area contributed by atoms with Crippen molar-refractivity contribution < 1.29 is 42.7 Å². The van der Waals surface area contributed by atoms with Crippen LogP contribution in [0.3, 0.4) is 0 Å². The molecule has 1 aliphatic rings. The standard InChI is InChI=1S/C45H54O9/c1-5-26-47-31-38(32-52-44(46)45(2,3)4)53-43-42(51-30-37-24-16-9-17-25-37)41(50-29-36-22-14-8-15-23-36)40(49-28-35-20-12-7-13-21-35)39(54-43)33-48-27-34-18-10-6-11-19-34/h5-25,38-43H,1,26-33H2,2-4H3/t38?,39-,40-,41+,42-,43+/m1/s1. The topological polar surface area (TPSA) is 90.9 Å². The number of esters is 1. The molecule has 0 bridgehead atoms. The minimum absolute atomic E-state index is 0.0584. The van der Waals surface area contributed by atoms with Crippen LogP contribution in [-0.4, -0.2) is 69.2 Å². The van der Waals surface area contributed by atoms with Crippen LogP contribution in [0.2, 0.25) is 0 Å². The second-order valence-electron chi connectivity index (χ2n) is 14.3. The second kappa shape index (κ2) is 21.6. The summed E-state index contributed by atoms with van der Waals surface area (Å²) in [4.78, 5) is 12.9. The van der Waals surface area contributed by atoms with E-state index in [1.165, 1.54) is 0 Å². The fourth-order valence-corrected chi connectivity index (χ4v) is 5.84. The molecule has 1 fully saturated rings. The van der Waals surface area contributed by atoms with E-state index < -0.39 is 42.2 Å². The molecule has 0 aromatic heterocycles. The van der Waals surface area contributed by atoms with Crippen LogP contribution < -0.4 is 0 Å². The van der Waals surface area contributed by atoms with Crippen LogP contribution in [0.5, 0.6) is 0 Å². The number of carbonyl (C=O) groups excluding carboxylic acids is 1. The van der Waals surface area contributed by atoms with Crippen LogP contribution in [0.1, 0.15) is 43.0 Å². The van der Waals surface area contributed by atoms with Gasteiger partial charge in [0, 0.05) is 0 Å². The summed E-state index contributed by atoms with van der Waals surface area (Å²) >= 11 is 0.